The fourth-order valence-electron chi connectivity index (χ4n) is 5.72. The van der Waals surface area contributed by atoms with Gasteiger partial charge in [-0.1, -0.05) is 18.2 Å². The molecule has 170 valence electrons. The van der Waals surface area contributed by atoms with Gasteiger partial charge in [-0.25, -0.2) is 14.8 Å². The lowest BCUT2D eigenvalue weighted by Gasteiger charge is -2.45. The first kappa shape index (κ1) is 21.6. The number of hydrogen-bond donors (Lipinski definition) is 0. The van der Waals surface area contributed by atoms with Gasteiger partial charge in [0.2, 0.25) is 0 Å². The second kappa shape index (κ2) is 8.63. The van der Waals surface area contributed by atoms with Crippen LogP contribution in [-0.4, -0.2) is 78.7 Å². The quantitative estimate of drug-likeness (QED) is 0.630. The number of rotatable bonds is 2. The van der Waals surface area contributed by atoms with E-state index >= 15 is 0 Å². The van der Waals surface area contributed by atoms with Gasteiger partial charge in [-0.2, -0.15) is 0 Å². The topological polar surface area (TPSA) is 55.8 Å². The average Bonchev–Trinajstić information content (AvgIpc) is 3.14. The molecule has 0 bridgehead atoms. The number of carbonyl (C=O) groups excluding carboxylic acids is 1. The zero-order valence-electron chi connectivity index (χ0n) is 18.9. The van der Waals surface area contributed by atoms with Crippen LogP contribution in [0.4, 0.5) is 16.3 Å². The third-order valence-corrected chi connectivity index (χ3v) is 7.92. The van der Waals surface area contributed by atoms with E-state index in [1.807, 2.05) is 31.3 Å². The number of anilines is 2. The zero-order chi connectivity index (χ0) is 22.3. The molecule has 3 aliphatic rings. The Morgan fingerprint density at radius 2 is 1.78 bits per heavy atom. The van der Waals surface area contributed by atoms with Gasteiger partial charge in [0.15, 0.2) is 0 Å². The summed E-state index contributed by atoms with van der Waals surface area (Å²) in [5.41, 5.74) is 2.55. The molecular formula is C24H31BrN6O. The van der Waals surface area contributed by atoms with Crippen molar-refractivity contribution in [3.63, 3.8) is 0 Å². The first-order valence-corrected chi connectivity index (χ1v) is 12.3. The molecule has 0 unspecified atom stereocenters. The van der Waals surface area contributed by atoms with Crippen LogP contribution in [0.3, 0.4) is 0 Å². The lowest BCUT2D eigenvalue weighted by atomic mass is 9.74. The largest absolute Gasteiger partial charge is 0.355 e. The van der Waals surface area contributed by atoms with E-state index < -0.39 is 0 Å². The maximum Gasteiger partial charge on any atom is 0.323 e. The molecule has 1 spiro atoms. The van der Waals surface area contributed by atoms with Crippen molar-refractivity contribution in [3.05, 3.63) is 46.8 Å². The van der Waals surface area contributed by atoms with Crippen LogP contribution in [0.2, 0.25) is 0 Å². The van der Waals surface area contributed by atoms with Crippen molar-refractivity contribution in [2.75, 3.05) is 56.6 Å². The van der Waals surface area contributed by atoms with Crippen LogP contribution in [0.15, 0.2) is 41.3 Å². The number of halogens is 1. The lowest BCUT2D eigenvalue weighted by molar-refractivity contribution is 0.104. The number of hydrogen-bond acceptors (Lipinski definition) is 5. The molecule has 0 atom stereocenters. The van der Waals surface area contributed by atoms with E-state index in [9.17, 15) is 4.79 Å². The highest BCUT2D eigenvalue weighted by atomic mass is 79.9. The molecule has 5 rings (SSSR count). The number of carbonyl (C=O) groups is 1. The Hall–Kier alpha value is -2.19. The molecular weight excluding hydrogens is 468 g/mol. The Balaban J connectivity index is 1.23. The van der Waals surface area contributed by atoms with Crippen molar-refractivity contribution in [1.29, 1.82) is 0 Å². The van der Waals surface area contributed by atoms with Crippen molar-refractivity contribution in [2.45, 2.75) is 37.1 Å². The summed E-state index contributed by atoms with van der Waals surface area (Å²) in [7, 11) is 3.68. The van der Waals surface area contributed by atoms with Crippen molar-refractivity contribution in [3.8, 4) is 0 Å². The highest BCUT2D eigenvalue weighted by molar-refractivity contribution is 9.10. The van der Waals surface area contributed by atoms with Gasteiger partial charge in [0, 0.05) is 50.9 Å². The molecule has 0 N–H and O–H groups in total. The highest BCUT2D eigenvalue weighted by Crippen LogP contribution is 2.47. The Morgan fingerprint density at radius 1 is 1.06 bits per heavy atom. The summed E-state index contributed by atoms with van der Waals surface area (Å²) in [6.45, 7) is 5.05. The number of para-hydroxylation sites is 1. The number of urea groups is 1. The van der Waals surface area contributed by atoms with Crippen LogP contribution in [-0.2, 0) is 5.41 Å². The monoisotopic (exact) mass is 498 g/mol. The molecule has 3 aliphatic heterocycles. The lowest BCUT2D eigenvalue weighted by Crippen LogP contribution is -2.52. The smallest absolute Gasteiger partial charge is 0.323 e. The molecule has 7 nitrogen and oxygen atoms in total. The molecule has 4 heterocycles. The van der Waals surface area contributed by atoms with Crippen molar-refractivity contribution >= 4 is 33.5 Å². The molecule has 2 fully saturated rings. The Kier molecular flexibility index (Phi) is 5.84. The minimum Gasteiger partial charge on any atom is -0.355 e. The molecule has 2 aromatic rings. The molecule has 0 aliphatic carbocycles. The summed E-state index contributed by atoms with van der Waals surface area (Å²) in [5.74, 6) is 0.970. The van der Waals surface area contributed by atoms with Gasteiger partial charge in [0.05, 0.1) is 12.4 Å². The Morgan fingerprint density at radius 3 is 2.44 bits per heavy atom. The predicted octanol–water partition coefficient (Wildman–Crippen LogP) is 3.74. The molecule has 2 saturated heterocycles. The van der Waals surface area contributed by atoms with Gasteiger partial charge in [-0.3, -0.25) is 4.90 Å². The maximum atomic E-state index is 12.8. The first-order valence-electron chi connectivity index (χ1n) is 11.5. The molecule has 0 radical (unpaired) electrons. The zero-order valence-corrected chi connectivity index (χ0v) is 20.5. The van der Waals surface area contributed by atoms with E-state index in [2.05, 4.69) is 53.9 Å². The third-order valence-electron chi connectivity index (χ3n) is 7.51. The number of amides is 2. The summed E-state index contributed by atoms with van der Waals surface area (Å²) in [6.07, 6.45) is 8.17. The minimum atomic E-state index is 0.0835. The van der Waals surface area contributed by atoms with Crippen LogP contribution in [0, 0.1) is 0 Å². The average molecular weight is 499 g/mol. The van der Waals surface area contributed by atoms with E-state index in [1.165, 1.54) is 5.56 Å². The van der Waals surface area contributed by atoms with Crippen LogP contribution >= 0.6 is 15.9 Å². The number of nitrogens with zero attached hydrogens (tertiary/aromatic N) is 6. The second-order valence-electron chi connectivity index (χ2n) is 9.51. The fraction of sp³-hybridized carbons (Fsp3) is 0.542. The summed E-state index contributed by atoms with van der Waals surface area (Å²) in [4.78, 5) is 30.4. The SMILES string of the molecule is CN(C)C(=O)N1CC2(CCN(C3CCN(c4cnc(Br)cn4)CC3)CC2)c2ccccc21. The number of likely N-dealkylation sites (tertiary alicyclic amines) is 1. The number of benzene rings is 1. The van der Waals surface area contributed by atoms with Gasteiger partial charge >= 0.3 is 6.03 Å². The predicted molar refractivity (Wildman–Crippen MR) is 130 cm³/mol. The van der Waals surface area contributed by atoms with Gasteiger partial charge in [0.25, 0.3) is 0 Å². The molecule has 2 amide bonds. The van der Waals surface area contributed by atoms with Crippen LogP contribution < -0.4 is 9.80 Å². The van der Waals surface area contributed by atoms with Crippen LogP contribution in [0.5, 0.6) is 0 Å². The number of aromatic nitrogens is 2. The standard InChI is InChI=1S/C24H31BrN6O/c1-28(2)23(32)31-17-24(19-5-3-4-6-20(19)31)9-13-29(14-10-24)18-7-11-30(12-8-18)22-16-26-21(25)15-27-22/h3-6,15-16,18H,7-14,17H2,1-2H3. The molecule has 1 aromatic heterocycles. The van der Waals surface area contributed by atoms with E-state index in [1.54, 1.807) is 11.1 Å². The summed E-state index contributed by atoms with van der Waals surface area (Å²) in [6, 6.07) is 9.23. The summed E-state index contributed by atoms with van der Waals surface area (Å²) >= 11 is 3.36. The van der Waals surface area contributed by atoms with Crippen LogP contribution in [0.25, 0.3) is 0 Å². The van der Waals surface area contributed by atoms with Gasteiger partial charge in [-0.15, -0.1) is 0 Å². The van der Waals surface area contributed by atoms with Crippen LogP contribution in [0.1, 0.15) is 31.2 Å². The normalized spacial score (nSPS) is 21.1. The number of piperidine rings is 2. The molecule has 0 saturated carbocycles. The highest BCUT2D eigenvalue weighted by Gasteiger charge is 2.47. The van der Waals surface area contributed by atoms with Gasteiger partial charge < -0.3 is 14.7 Å². The Labute approximate surface area is 198 Å². The first-order chi connectivity index (χ1) is 15.5. The fourth-order valence-corrected chi connectivity index (χ4v) is 5.92. The minimum absolute atomic E-state index is 0.0835. The summed E-state index contributed by atoms with van der Waals surface area (Å²) < 4.78 is 0.776. The van der Waals surface area contributed by atoms with Crippen molar-refractivity contribution in [1.82, 2.24) is 19.8 Å². The second-order valence-corrected chi connectivity index (χ2v) is 10.3. The Bertz CT molecular complexity index is 965. The molecule has 1 aromatic carbocycles. The van der Waals surface area contributed by atoms with E-state index in [0.717, 1.165) is 74.5 Å². The van der Waals surface area contributed by atoms with E-state index in [-0.39, 0.29) is 11.4 Å². The van der Waals surface area contributed by atoms with Crippen molar-refractivity contribution < 1.29 is 4.79 Å². The maximum absolute atomic E-state index is 12.8. The number of fused-ring (bicyclic) bond motifs is 2. The third kappa shape index (κ3) is 3.88. The van der Waals surface area contributed by atoms with E-state index in [0.29, 0.717) is 6.04 Å². The summed E-state index contributed by atoms with van der Waals surface area (Å²) in [5, 5.41) is 0. The molecule has 32 heavy (non-hydrogen) atoms. The van der Waals surface area contributed by atoms with Gasteiger partial charge in [0.1, 0.15) is 10.4 Å². The molecule has 8 heteroatoms. The van der Waals surface area contributed by atoms with E-state index in [4.69, 9.17) is 0 Å². The van der Waals surface area contributed by atoms with Gasteiger partial charge in [-0.05, 0) is 66.3 Å². The van der Waals surface area contributed by atoms with Crippen molar-refractivity contribution in [2.24, 2.45) is 0 Å².